The topological polar surface area (TPSA) is 78.9 Å². The highest BCUT2D eigenvalue weighted by atomic mass is 32.2. The predicted molar refractivity (Wildman–Crippen MR) is 96.1 cm³/mol. The van der Waals surface area contributed by atoms with E-state index in [1.54, 1.807) is 17.0 Å². The van der Waals surface area contributed by atoms with Gasteiger partial charge in [-0.15, -0.1) is 0 Å². The van der Waals surface area contributed by atoms with E-state index < -0.39 is 10.0 Å². The number of methoxy groups -OCH3 is 1. The maximum atomic E-state index is 12.7. The molecule has 0 spiro atoms. The van der Waals surface area contributed by atoms with Gasteiger partial charge in [-0.2, -0.15) is 0 Å². The molecule has 1 heterocycles. The number of likely N-dealkylation sites (tertiary alicyclic amines) is 1. The maximum absolute atomic E-state index is 12.7. The molecule has 140 valence electrons. The Morgan fingerprint density at radius 3 is 2.60 bits per heavy atom. The number of sulfonamides is 1. The second-order valence-electron chi connectivity index (χ2n) is 6.41. The number of hydrogen-bond acceptors (Lipinski definition) is 5. The molecule has 2 rings (SSSR count). The number of carbonyl (C=O) groups excluding carboxylic acids is 1. The first kappa shape index (κ1) is 19.8. The Morgan fingerprint density at radius 2 is 2.00 bits per heavy atom. The van der Waals surface area contributed by atoms with Crippen LogP contribution in [-0.4, -0.2) is 77.6 Å². The van der Waals surface area contributed by atoms with Crippen LogP contribution in [0.2, 0.25) is 0 Å². The molecule has 1 aromatic rings. The number of amides is 1. The Balaban J connectivity index is 2.07. The van der Waals surface area contributed by atoms with Crippen molar-refractivity contribution < 1.29 is 17.9 Å². The third kappa shape index (κ3) is 5.24. The SMILES string of the molecule is COCCNS(=O)(=O)c1cccc(C(=O)N2CCC(N(C)C)CC2)c1. The summed E-state index contributed by atoms with van der Waals surface area (Å²) in [6.07, 6.45) is 1.85. The molecular formula is C17H27N3O4S. The average molecular weight is 369 g/mol. The molecule has 0 radical (unpaired) electrons. The van der Waals surface area contributed by atoms with Crippen molar-refractivity contribution in [3.05, 3.63) is 29.8 Å². The van der Waals surface area contributed by atoms with E-state index in [0.717, 1.165) is 12.8 Å². The number of nitrogens with zero attached hydrogens (tertiary/aromatic N) is 2. The van der Waals surface area contributed by atoms with Gasteiger partial charge in [0, 0.05) is 38.3 Å². The van der Waals surface area contributed by atoms with Gasteiger partial charge in [0.05, 0.1) is 11.5 Å². The molecule has 1 N–H and O–H groups in total. The molecule has 1 saturated heterocycles. The number of ether oxygens (including phenoxy) is 1. The third-order valence-corrected chi connectivity index (χ3v) is 5.93. The summed E-state index contributed by atoms with van der Waals surface area (Å²) < 4.78 is 31.9. The van der Waals surface area contributed by atoms with Crippen LogP contribution in [0.5, 0.6) is 0 Å². The van der Waals surface area contributed by atoms with Crippen LogP contribution in [0.1, 0.15) is 23.2 Å². The summed E-state index contributed by atoms with van der Waals surface area (Å²) in [6, 6.07) is 6.68. The molecule has 8 heteroatoms. The second kappa shape index (κ2) is 8.75. The van der Waals surface area contributed by atoms with Crippen molar-refractivity contribution in [1.82, 2.24) is 14.5 Å². The fraction of sp³-hybridized carbons (Fsp3) is 0.588. The summed E-state index contributed by atoms with van der Waals surface area (Å²) in [6.45, 7) is 1.85. The van der Waals surface area contributed by atoms with Crippen molar-refractivity contribution in [2.24, 2.45) is 0 Å². The second-order valence-corrected chi connectivity index (χ2v) is 8.17. The van der Waals surface area contributed by atoms with Crippen LogP contribution in [0.15, 0.2) is 29.2 Å². The Bertz CT molecular complexity index is 683. The zero-order valence-corrected chi connectivity index (χ0v) is 15.9. The minimum absolute atomic E-state index is 0.0950. The van der Waals surface area contributed by atoms with Gasteiger partial charge >= 0.3 is 0 Å². The van der Waals surface area contributed by atoms with Crippen LogP contribution in [0.25, 0.3) is 0 Å². The number of rotatable bonds is 7. The van der Waals surface area contributed by atoms with Crippen molar-refractivity contribution in [2.45, 2.75) is 23.8 Å². The van der Waals surface area contributed by atoms with Gasteiger partial charge in [0.1, 0.15) is 0 Å². The summed E-state index contributed by atoms with van der Waals surface area (Å²) in [7, 11) is 1.96. The minimum Gasteiger partial charge on any atom is -0.383 e. The summed E-state index contributed by atoms with van der Waals surface area (Å²) in [5.41, 5.74) is 0.401. The Kier molecular flexibility index (Phi) is 6.95. The van der Waals surface area contributed by atoms with Crippen LogP contribution in [0, 0.1) is 0 Å². The lowest BCUT2D eigenvalue weighted by Crippen LogP contribution is -2.44. The van der Waals surface area contributed by atoms with Crippen LogP contribution < -0.4 is 4.72 Å². The van der Waals surface area contributed by atoms with Gasteiger partial charge in [-0.1, -0.05) is 6.07 Å². The highest BCUT2D eigenvalue weighted by molar-refractivity contribution is 7.89. The molecule has 0 atom stereocenters. The van der Waals surface area contributed by atoms with E-state index >= 15 is 0 Å². The van der Waals surface area contributed by atoms with Gasteiger partial charge in [-0.25, -0.2) is 13.1 Å². The normalized spacial score (nSPS) is 16.4. The predicted octanol–water partition coefficient (Wildman–Crippen LogP) is 0.778. The van der Waals surface area contributed by atoms with Crippen LogP contribution in [-0.2, 0) is 14.8 Å². The molecule has 0 unspecified atom stereocenters. The van der Waals surface area contributed by atoms with E-state index in [0.29, 0.717) is 31.3 Å². The van der Waals surface area contributed by atoms with Gasteiger partial charge in [0.15, 0.2) is 0 Å². The number of piperidine rings is 1. The van der Waals surface area contributed by atoms with Gasteiger partial charge < -0.3 is 14.5 Å². The molecule has 25 heavy (non-hydrogen) atoms. The van der Waals surface area contributed by atoms with Gasteiger partial charge in [-0.05, 0) is 45.1 Å². The van der Waals surface area contributed by atoms with Crippen molar-refractivity contribution in [2.75, 3.05) is 47.4 Å². The first-order chi connectivity index (χ1) is 11.8. The Labute approximate surface area is 150 Å². The zero-order chi connectivity index (χ0) is 18.4. The highest BCUT2D eigenvalue weighted by Gasteiger charge is 2.25. The van der Waals surface area contributed by atoms with E-state index in [1.807, 2.05) is 14.1 Å². The molecule has 0 saturated carbocycles. The fourth-order valence-corrected chi connectivity index (χ4v) is 3.98. The monoisotopic (exact) mass is 369 g/mol. The van der Waals surface area contributed by atoms with E-state index in [2.05, 4.69) is 9.62 Å². The number of nitrogens with one attached hydrogen (secondary N) is 1. The first-order valence-electron chi connectivity index (χ1n) is 8.39. The Morgan fingerprint density at radius 1 is 1.32 bits per heavy atom. The minimum atomic E-state index is -3.65. The highest BCUT2D eigenvalue weighted by Crippen LogP contribution is 2.18. The van der Waals surface area contributed by atoms with Gasteiger partial charge in [0.25, 0.3) is 5.91 Å². The molecule has 1 aliphatic rings. The maximum Gasteiger partial charge on any atom is 0.253 e. The standard InChI is InChI=1S/C17H27N3O4S/c1-19(2)15-7-10-20(11-8-15)17(21)14-5-4-6-16(13-14)25(22,23)18-9-12-24-3/h4-6,13,15,18H,7-12H2,1-3H3. The molecule has 0 bridgehead atoms. The van der Waals surface area contributed by atoms with Crippen molar-refractivity contribution in [1.29, 1.82) is 0 Å². The summed E-state index contributed by atoms with van der Waals surface area (Å²) in [4.78, 5) is 16.8. The molecular weight excluding hydrogens is 342 g/mol. The van der Waals surface area contributed by atoms with Crippen molar-refractivity contribution in [3.8, 4) is 0 Å². The van der Waals surface area contributed by atoms with Crippen molar-refractivity contribution >= 4 is 15.9 Å². The summed E-state index contributed by atoms with van der Waals surface area (Å²) in [5.74, 6) is -0.119. The quantitative estimate of drug-likeness (QED) is 0.719. The van der Waals surface area contributed by atoms with Gasteiger partial charge in [-0.3, -0.25) is 4.79 Å². The van der Waals surface area contributed by atoms with E-state index in [9.17, 15) is 13.2 Å². The molecule has 1 amide bonds. The van der Waals surface area contributed by atoms with Crippen LogP contribution >= 0.6 is 0 Å². The molecule has 1 aromatic carbocycles. The van der Waals surface area contributed by atoms with E-state index in [-0.39, 0.29) is 17.3 Å². The summed E-state index contributed by atoms with van der Waals surface area (Å²) in [5, 5.41) is 0. The van der Waals surface area contributed by atoms with E-state index in [4.69, 9.17) is 4.74 Å². The molecule has 1 aliphatic heterocycles. The molecule has 1 fully saturated rings. The lowest BCUT2D eigenvalue weighted by molar-refractivity contribution is 0.0663. The zero-order valence-electron chi connectivity index (χ0n) is 15.1. The number of hydrogen-bond donors (Lipinski definition) is 1. The van der Waals surface area contributed by atoms with Gasteiger partial charge in [0.2, 0.25) is 10.0 Å². The molecule has 7 nitrogen and oxygen atoms in total. The number of carbonyl (C=O) groups is 1. The average Bonchev–Trinajstić information content (AvgIpc) is 2.61. The Hall–Kier alpha value is -1.48. The summed E-state index contributed by atoms with van der Waals surface area (Å²) >= 11 is 0. The molecule has 0 aliphatic carbocycles. The lowest BCUT2D eigenvalue weighted by atomic mass is 10.0. The van der Waals surface area contributed by atoms with Crippen LogP contribution in [0.3, 0.4) is 0 Å². The lowest BCUT2D eigenvalue weighted by Gasteiger charge is -2.35. The number of benzene rings is 1. The third-order valence-electron chi connectivity index (χ3n) is 4.47. The first-order valence-corrected chi connectivity index (χ1v) is 9.88. The van der Waals surface area contributed by atoms with Crippen molar-refractivity contribution in [3.63, 3.8) is 0 Å². The molecule has 0 aromatic heterocycles. The fourth-order valence-electron chi connectivity index (χ4n) is 2.93. The smallest absolute Gasteiger partial charge is 0.253 e. The largest absolute Gasteiger partial charge is 0.383 e. The van der Waals surface area contributed by atoms with E-state index in [1.165, 1.54) is 19.2 Å². The van der Waals surface area contributed by atoms with Crippen LogP contribution in [0.4, 0.5) is 0 Å².